The van der Waals surface area contributed by atoms with E-state index in [4.69, 9.17) is 26.1 Å². The van der Waals surface area contributed by atoms with Crippen LogP contribution < -0.4 is 20.3 Å². The summed E-state index contributed by atoms with van der Waals surface area (Å²) in [5.74, 6) is 1.32. The van der Waals surface area contributed by atoms with E-state index in [9.17, 15) is 0 Å². The van der Waals surface area contributed by atoms with Gasteiger partial charge in [-0.05, 0) is 50.2 Å². The number of halogens is 1. The van der Waals surface area contributed by atoms with Crippen molar-refractivity contribution in [1.29, 1.82) is 0 Å². The van der Waals surface area contributed by atoms with Gasteiger partial charge in [0.2, 0.25) is 5.95 Å². The fourth-order valence-electron chi connectivity index (χ4n) is 4.05. The lowest BCUT2D eigenvalue weighted by atomic mass is 10.1. The summed E-state index contributed by atoms with van der Waals surface area (Å²) in [6, 6.07) is 11.9. The van der Waals surface area contributed by atoms with Crippen molar-refractivity contribution in [2.75, 3.05) is 49.6 Å². The molecule has 0 saturated carbocycles. The van der Waals surface area contributed by atoms with Crippen LogP contribution in [0.15, 0.2) is 42.6 Å². The number of nitrogens with one attached hydrogen (secondary N) is 2. The van der Waals surface area contributed by atoms with Crippen LogP contribution in [0.4, 0.5) is 17.3 Å². The highest BCUT2D eigenvalue weighted by atomic mass is 35.5. The van der Waals surface area contributed by atoms with Gasteiger partial charge in [0.1, 0.15) is 17.4 Å². The smallest absolute Gasteiger partial charge is 0.227 e. The van der Waals surface area contributed by atoms with Crippen LogP contribution in [0.25, 0.3) is 10.9 Å². The lowest BCUT2D eigenvalue weighted by molar-refractivity contribution is 0.122. The van der Waals surface area contributed by atoms with E-state index in [1.54, 1.807) is 0 Å². The van der Waals surface area contributed by atoms with E-state index in [0.717, 1.165) is 80.3 Å². The Labute approximate surface area is 186 Å². The number of benzene rings is 2. The van der Waals surface area contributed by atoms with E-state index in [1.165, 1.54) is 0 Å². The first-order chi connectivity index (χ1) is 15.3. The molecule has 0 amide bonds. The molecule has 0 aliphatic carbocycles. The Bertz CT molecular complexity index is 1050. The summed E-state index contributed by atoms with van der Waals surface area (Å²) >= 11 is 6.57. The Balaban J connectivity index is 1.36. The molecule has 31 heavy (non-hydrogen) atoms. The van der Waals surface area contributed by atoms with Crippen molar-refractivity contribution in [1.82, 2.24) is 15.3 Å². The zero-order valence-corrected chi connectivity index (χ0v) is 18.1. The van der Waals surface area contributed by atoms with Gasteiger partial charge in [0.25, 0.3) is 0 Å². The monoisotopic (exact) mass is 439 g/mol. The van der Waals surface area contributed by atoms with Crippen molar-refractivity contribution in [3.63, 3.8) is 0 Å². The maximum atomic E-state index is 6.57. The Morgan fingerprint density at radius 1 is 1.13 bits per heavy atom. The number of anilines is 3. The number of hydrogen-bond acceptors (Lipinski definition) is 7. The molecule has 1 aromatic heterocycles. The first-order valence-electron chi connectivity index (χ1n) is 10.8. The molecule has 2 aliphatic rings. The minimum Gasteiger partial charge on any atom is -0.488 e. The molecule has 0 atom stereocenters. The maximum Gasteiger partial charge on any atom is 0.227 e. The van der Waals surface area contributed by atoms with Gasteiger partial charge in [-0.3, -0.25) is 0 Å². The summed E-state index contributed by atoms with van der Waals surface area (Å²) in [5, 5.41) is 8.30. The highest BCUT2D eigenvalue weighted by Gasteiger charge is 2.17. The average molecular weight is 440 g/mol. The largest absolute Gasteiger partial charge is 0.488 e. The molecule has 2 fully saturated rings. The van der Waals surface area contributed by atoms with Crippen LogP contribution in [0.1, 0.15) is 12.8 Å². The average Bonchev–Trinajstić information content (AvgIpc) is 2.81. The fourth-order valence-corrected chi connectivity index (χ4v) is 4.35. The molecule has 8 heteroatoms. The van der Waals surface area contributed by atoms with Gasteiger partial charge in [-0.2, -0.15) is 0 Å². The van der Waals surface area contributed by atoms with Crippen LogP contribution >= 0.6 is 11.6 Å². The zero-order chi connectivity index (χ0) is 21.0. The number of rotatable bonds is 5. The van der Waals surface area contributed by atoms with E-state index in [0.29, 0.717) is 11.0 Å². The molecule has 5 rings (SSSR count). The van der Waals surface area contributed by atoms with Crippen LogP contribution in [-0.2, 0) is 4.74 Å². The number of aromatic nitrogens is 2. The second kappa shape index (κ2) is 9.26. The Morgan fingerprint density at radius 2 is 1.97 bits per heavy atom. The van der Waals surface area contributed by atoms with Crippen LogP contribution in [-0.4, -0.2) is 55.5 Å². The molecule has 162 valence electrons. The minimum absolute atomic E-state index is 0.213. The quantitative estimate of drug-likeness (QED) is 0.622. The molecular formula is C23H26ClN5O2. The second-order valence-electron chi connectivity index (χ2n) is 7.85. The molecule has 2 N–H and O–H groups in total. The SMILES string of the molecule is Clc1cc(Nc2ncc3cccc(OC4CCNCC4)c3n2)ccc1N1CCOCC1. The third-order valence-corrected chi connectivity index (χ3v) is 6.01. The molecule has 2 aromatic carbocycles. The number of fused-ring (bicyclic) bond motifs is 1. The van der Waals surface area contributed by atoms with Crippen molar-refractivity contribution < 1.29 is 9.47 Å². The first-order valence-corrected chi connectivity index (χ1v) is 11.2. The summed E-state index contributed by atoms with van der Waals surface area (Å²) < 4.78 is 11.7. The number of nitrogens with zero attached hydrogens (tertiary/aromatic N) is 3. The van der Waals surface area contributed by atoms with Crippen molar-refractivity contribution in [3.8, 4) is 5.75 Å². The number of hydrogen-bond donors (Lipinski definition) is 2. The number of morpholine rings is 1. The lowest BCUT2D eigenvalue weighted by Crippen LogP contribution is -2.36. The zero-order valence-electron chi connectivity index (χ0n) is 17.3. The van der Waals surface area contributed by atoms with Crippen molar-refractivity contribution >= 4 is 39.8 Å². The fraction of sp³-hybridized carbons (Fsp3) is 0.391. The van der Waals surface area contributed by atoms with Gasteiger partial charge in [0.05, 0.1) is 23.9 Å². The molecule has 2 saturated heterocycles. The Kier molecular flexibility index (Phi) is 6.06. The van der Waals surface area contributed by atoms with Crippen molar-refractivity contribution in [3.05, 3.63) is 47.6 Å². The summed E-state index contributed by atoms with van der Waals surface area (Å²) in [4.78, 5) is 11.5. The predicted molar refractivity (Wildman–Crippen MR) is 124 cm³/mol. The topological polar surface area (TPSA) is 71.5 Å². The van der Waals surface area contributed by atoms with Gasteiger partial charge in [-0.25, -0.2) is 9.97 Å². The van der Waals surface area contributed by atoms with E-state index in [1.807, 2.05) is 42.6 Å². The molecular weight excluding hydrogens is 414 g/mol. The van der Waals surface area contributed by atoms with Gasteiger partial charge >= 0.3 is 0 Å². The van der Waals surface area contributed by atoms with Gasteiger partial charge in [-0.1, -0.05) is 23.7 Å². The van der Waals surface area contributed by atoms with E-state index < -0.39 is 0 Å². The summed E-state index contributed by atoms with van der Waals surface area (Å²) in [6.07, 6.45) is 4.04. The van der Waals surface area contributed by atoms with Gasteiger partial charge < -0.3 is 25.0 Å². The third-order valence-electron chi connectivity index (χ3n) is 5.71. The maximum absolute atomic E-state index is 6.57. The lowest BCUT2D eigenvalue weighted by Gasteiger charge is -2.29. The summed E-state index contributed by atoms with van der Waals surface area (Å²) in [5.41, 5.74) is 2.68. The Hall–Kier alpha value is -2.61. The highest BCUT2D eigenvalue weighted by Crippen LogP contribution is 2.31. The van der Waals surface area contributed by atoms with Gasteiger partial charge in [-0.15, -0.1) is 0 Å². The van der Waals surface area contributed by atoms with Crippen LogP contribution in [0, 0.1) is 0 Å². The number of piperidine rings is 1. The van der Waals surface area contributed by atoms with E-state index >= 15 is 0 Å². The molecule has 0 unspecified atom stereocenters. The van der Waals surface area contributed by atoms with E-state index in [-0.39, 0.29) is 6.10 Å². The van der Waals surface area contributed by atoms with Crippen LogP contribution in [0.2, 0.25) is 5.02 Å². The molecule has 7 nitrogen and oxygen atoms in total. The predicted octanol–water partition coefficient (Wildman–Crippen LogP) is 3.99. The second-order valence-corrected chi connectivity index (χ2v) is 8.25. The molecule has 0 spiro atoms. The van der Waals surface area contributed by atoms with Gasteiger partial charge in [0.15, 0.2) is 0 Å². The summed E-state index contributed by atoms with van der Waals surface area (Å²) in [6.45, 7) is 5.11. The molecule has 3 aromatic rings. The third kappa shape index (κ3) is 4.69. The van der Waals surface area contributed by atoms with Crippen molar-refractivity contribution in [2.45, 2.75) is 18.9 Å². The number of ether oxygens (including phenoxy) is 2. The Morgan fingerprint density at radius 3 is 2.77 bits per heavy atom. The van der Waals surface area contributed by atoms with Crippen LogP contribution in [0.5, 0.6) is 5.75 Å². The van der Waals surface area contributed by atoms with Gasteiger partial charge in [0, 0.05) is 30.4 Å². The molecule has 0 bridgehead atoms. The first kappa shape index (κ1) is 20.3. The standard InChI is InChI=1S/C23H26ClN5O2/c24-19-14-17(4-5-20(19)29-10-12-30-13-11-29)27-23-26-15-16-2-1-3-21(22(16)28-23)31-18-6-8-25-9-7-18/h1-5,14-15,18,25H,6-13H2,(H,26,27,28). The molecule has 0 radical (unpaired) electrons. The molecule has 3 heterocycles. The van der Waals surface area contributed by atoms with Crippen molar-refractivity contribution in [2.24, 2.45) is 0 Å². The normalized spacial score (nSPS) is 17.6. The minimum atomic E-state index is 0.213. The van der Waals surface area contributed by atoms with E-state index in [2.05, 4.69) is 20.5 Å². The number of para-hydroxylation sites is 1. The molecule has 2 aliphatic heterocycles. The van der Waals surface area contributed by atoms with Crippen LogP contribution in [0.3, 0.4) is 0 Å². The highest BCUT2D eigenvalue weighted by molar-refractivity contribution is 6.33. The summed E-state index contributed by atoms with van der Waals surface area (Å²) in [7, 11) is 0.